The molecule has 0 aliphatic heterocycles. The minimum Gasteiger partial charge on any atom is -0.392 e. The molecule has 1 heterocycles. The Bertz CT molecular complexity index is 693. The van der Waals surface area contributed by atoms with Crippen LogP contribution in [-0.4, -0.2) is 13.5 Å². The van der Waals surface area contributed by atoms with Crippen molar-refractivity contribution in [3.8, 4) is 0 Å². The lowest BCUT2D eigenvalue weighted by Crippen LogP contribution is -2.23. The van der Waals surface area contributed by atoms with Gasteiger partial charge in [-0.15, -0.1) is 11.3 Å². The minimum absolute atomic E-state index is 0.0197. The molecule has 2 N–H and O–H groups in total. The molecular formula is C13H14BrNO3S2. The summed E-state index contributed by atoms with van der Waals surface area (Å²) in [6, 6.07) is 8.75. The van der Waals surface area contributed by atoms with E-state index in [2.05, 4.69) is 20.7 Å². The van der Waals surface area contributed by atoms with Gasteiger partial charge in [0.05, 0.1) is 15.3 Å². The van der Waals surface area contributed by atoms with E-state index in [1.54, 1.807) is 37.3 Å². The van der Waals surface area contributed by atoms with Crippen LogP contribution < -0.4 is 4.72 Å². The molecule has 7 heteroatoms. The topological polar surface area (TPSA) is 66.4 Å². The van der Waals surface area contributed by atoms with Crippen LogP contribution in [0.3, 0.4) is 0 Å². The van der Waals surface area contributed by atoms with Crippen LogP contribution in [0.1, 0.15) is 16.0 Å². The Morgan fingerprint density at radius 2 is 1.85 bits per heavy atom. The van der Waals surface area contributed by atoms with Gasteiger partial charge in [-0.2, -0.15) is 0 Å². The second-order valence-corrected chi connectivity index (χ2v) is 8.64. The van der Waals surface area contributed by atoms with Crippen LogP contribution in [0.15, 0.2) is 39.0 Å². The average molecular weight is 376 g/mol. The van der Waals surface area contributed by atoms with Crippen molar-refractivity contribution in [3.63, 3.8) is 0 Å². The second-order valence-electron chi connectivity index (χ2n) is 4.27. The van der Waals surface area contributed by atoms with Gasteiger partial charge in [0.1, 0.15) is 0 Å². The molecule has 0 atom stereocenters. The number of sulfonamides is 1. The zero-order valence-corrected chi connectivity index (χ0v) is 14.0. The average Bonchev–Trinajstić information content (AvgIpc) is 2.77. The predicted octanol–water partition coefficient (Wildman–Crippen LogP) is 2.79. The molecule has 0 amide bonds. The quantitative estimate of drug-likeness (QED) is 0.844. The van der Waals surface area contributed by atoms with Crippen LogP contribution in [-0.2, 0) is 23.2 Å². The normalized spacial score (nSPS) is 11.8. The summed E-state index contributed by atoms with van der Waals surface area (Å²) in [5, 5.41) is 8.95. The number of aryl methyl sites for hydroxylation is 1. The zero-order chi connectivity index (χ0) is 14.8. The largest absolute Gasteiger partial charge is 0.392 e. The molecule has 0 bridgehead atoms. The first-order valence-corrected chi connectivity index (χ1v) is 8.96. The summed E-state index contributed by atoms with van der Waals surface area (Å²) in [5.41, 5.74) is 1.65. The molecule has 20 heavy (non-hydrogen) atoms. The summed E-state index contributed by atoms with van der Waals surface area (Å²) in [6.45, 7) is 1.98. The van der Waals surface area contributed by atoms with Crippen molar-refractivity contribution in [2.75, 3.05) is 0 Å². The first-order valence-electron chi connectivity index (χ1n) is 5.86. The Morgan fingerprint density at radius 3 is 2.35 bits per heavy atom. The number of hydrogen-bond donors (Lipinski definition) is 2. The molecule has 0 aliphatic rings. The first-order chi connectivity index (χ1) is 9.42. The molecule has 4 nitrogen and oxygen atoms in total. The number of rotatable bonds is 5. The van der Waals surface area contributed by atoms with Crippen LogP contribution >= 0.6 is 27.3 Å². The van der Waals surface area contributed by atoms with E-state index >= 15 is 0 Å². The summed E-state index contributed by atoms with van der Waals surface area (Å²) >= 11 is 4.68. The van der Waals surface area contributed by atoms with Gasteiger partial charge in [-0.05, 0) is 40.0 Å². The lowest BCUT2D eigenvalue weighted by atomic mass is 10.1. The van der Waals surface area contributed by atoms with E-state index in [1.807, 2.05) is 0 Å². The number of hydrogen-bond acceptors (Lipinski definition) is 4. The Labute approximate surface area is 130 Å². The van der Waals surface area contributed by atoms with Crippen LogP contribution in [0.2, 0.25) is 0 Å². The van der Waals surface area contributed by atoms with Gasteiger partial charge in [-0.3, -0.25) is 0 Å². The van der Waals surface area contributed by atoms with Crippen LogP contribution in [0.25, 0.3) is 0 Å². The van der Waals surface area contributed by atoms with E-state index in [-0.39, 0.29) is 13.2 Å². The van der Waals surface area contributed by atoms with Gasteiger partial charge >= 0.3 is 0 Å². The summed E-state index contributed by atoms with van der Waals surface area (Å²) in [4.78, 5) is 1.06. The van der Waals surface area contributed by atoms with Crippen molar-refractivity contribution in [1.82, 2.24) is 4.72 Å². The summed E-state index contributed by atoms with van der Waals surface area (Å²) in [6.07, 6.45) is 0. The van der Waals surface area contributed by atoms with Crippen LogP contribution in [0.4, 0.5) is 0 Å². The van der Waals surface area contributed by atoms with Gasteiger partial charge < -0.3 is 5.11 Å². The molecule has 0 saturated heterocycles. The van der Waals surface area contributed by atoms with E-state index in [1.165, 1.54) is 11.3 Å². The van der Waals surface area contributed by atoms with Gasteiger partial charge in [0.15, 0.2) is 0 Å². The number of thiophene rings is 1. The SMILES string of the molecule is Cc1sc(Br)cc1S(=O)(=O)NCc1ccc(CO)cc1. The molecule has 108 valence electrons. The number of halogens is 1. The highest BCUT2D eigenvalue weighted by Crippen LogP contribution is 2.29. The first kappa shape index (κ1) is 15.7. The van der Waals surface area contributed by atoms with Crippen molar-refractivity contribution in [2.45, 2.75) is 25.0 Å². The van der Waals surface area contributed by atoms with Crippen molar-refractivity contribution < 1.29 is 13.5 Å². The van der Waals surface area contributed by atoms with E-state index in [0.717, 1.165) is 19.8 Å². The smallest absolute Gasteiger partial charge is 0.242 e. The molecule has 0 fully saturated rings. The Morgan fingerprint density at radius 1 is 1.25 bits per heavy atom. The summed E-state index contributed by atoms with van der Waals surface area (Å²) < 4.78 is 27.8. The Balaban J connectivity index is 2.11. The third-order valence-corrected chi connectivity index (χ3v) is 6.01. The maximum atomic E-state index is 12.2. The molecule has 0 aliphatic carbocycles. The predicted molar refractivity (Wildman–Crippen MR) is 83.1 cm³/mol. The fraction of sp³-hybridized carbons (Fsp3) is 0.231. The van der Waals surface area contributed by atoms with Crippen molar-refractivity contribution >= 4 is 37.3 Å². The maximum Gasteiger partial charge on any atom is 0.242 e. The van der Waals surface area contributed by atoms with Gasteiger partial charge in [-0.25, -0.2) is 13.1 Å². The highest BCUT2D eigenvalue weighted by Gasteiger charge is 2.19. The lowest BCUT2D eigenvalue weighted by molar-refractivity contribution is 0.282. The highest BCUT2D eigenvalue weighted by atomic mass is 79.9. The van der Waals surface area contributed by atoms with Gasteiger partial charge in [0.25, 0.3) is 0 Å². The molecule has 0 unspecified atom stereocenters. The molecule has 2 aromatic rings. The number of benzene rings is 1. The molecule has 0 spiro atoms. The van der Waals surface area contributed by atoms with E-state index in [9.17, 15) is 8.42 Å². The summed E-state index contributed by atoms with van der Waals surface area (Å²) in [7, 11) is -3.50. The Hall–Kier alpha value is -0.730. The van der Waals surface area contributed by atoms with E-state index in [0.29, 0.717) is 4.90 Å². The molecule has 1 aromatic heterocycles. The molecular weight excluding hydrogens is 362 g/mol. The number of aliphatic hydroxyl groups excluding tert-OH is 1. The van der Waals surface area contributed by atoms with Gasteiger partial charge in [0, 0.05) is 11.4 Å². The van der Waals surface area contributed by atoms with E-state index < -0.39 is 10.0 Å². The Kier molecular flexibility index (Phi) is 4.98. The van der Waals surface area contributed by atoms with Crippen molar-refractivity contribution in [1.29, 1.82) is 0 Å². The number of aliphatic hydroxyl groups is 1. The van der Waals surface area contributed by atoms with Gasteiger partial charge in [-0.1, -0.05) is 24.3 Å². The highest BCUT2D eigenvalue weighted by molar-refractivity contribution is 9.11. The maximum absolute atomic E-state index is 12.2. The monoisotopic (exact) mass is 375 g/mol. The fourth-order valence-electron chi connectivity index (χ4n) is 1.72. The minimum atomic E-state index is -3.50. The molecule has 1 aromatic carbocycles. The van der Waals surface area contributed by atoms with E-state index in [4.69, 9.17) is 5.11 Å². The standard InChI is InChI=1S/C13H14BrNO3S2/c1-9-12(6-13(14)19-9)20(17,18)15-7-10-2-4-11(8-16)5-3-10/h2-6,15-16H,7-8H2,1H3. The van der Waals surface area contributed by atoms with Crippen LogP contribution in [0.5, 0.6) is 0 Å². The second kappa shape index (κ2) is 6.36. The molecule has 0 radical (unpaired) electrons. The third-order valence-electron chi connectivity index (χ3n) is 2.80. The summed E-state index contributed by atoms with van der Waals surface area (Å²) in [5.74, 6) is 0. The molecule has 0 saturated carbocycles. The van der Waals surface area contributed by atoms with Crippen molar-refractivity contribution in [3.05, 3.63) is 50.1 Å². The van der Waals surface area contributed by atoms with Crippen molar-refractivity contribution in [2.24, 2.45) is 0 Å². The number of nitrogens with one attached hydrogen (secondary N) is 1. The van der Waals surface area contributed by atoms with Crippen LogP contribution in [0, 0.1) is 6.92 Å². The fourth-order valence-corrected chi connectivity index (χ4v) is 5.15. The zero-order valence-electron chi connectivity index (χ0n) is 10.8. The third kappa shape index (κ3) is 3.67. The van der Waals surface area contributed by atoms with Gasteiger partial charge in [0.2, 0.25) is 10.0 Å². The lowest BCUT2D eigenvalue weighted by Gasteiger charge is -2.07. The molecule has 2 rings (SSSR count).